The van der Waals surface area contributed by atoms with Crippen LogP contribution in [0.15, 0.2) is 34.7 Å². The van der Waals surface area contributed by atoms with Crippen LogP contribution in [0.4, 0.5) is 0 Å². The SMILES string of the molecule is O=C1CC(=O)N(CCc2cc3ccccc3o2)C1. The third-order valence-electron chi connectivity index (χ3n) is 3.17. The van der Waals surface area contributed by atoms with Crippen molar-refractivity contribution in [3.63, 3.8) is 0 Å². The molecule has 0 saturated carbocycles. The van der Waals surface area contributed by atoms with Crippen LogP contribution in [0.2, 0.25) is 0 Å². The highest BCUT2D eigenvalue weighted by Gasteiger charge is 2.26. The first-order valence-electron chi connectivity index (χ1n) is 5.99. The molecule has 1 aromatic carbocycles. The lowest BCUT2D eigenvalue weighted by atomic mass is 10.2. The maximum atomic E-state index is 11.5. The van der Waals surface area contributed by atoms with Crippen molar-refractivity contribution in [3.05, 3.63) is 36.1 Å². The van der Waals surface area contributed by atoms with Gasteiger partial charge in [-0.15, -0.1) is 0 Å². The summed E-state index contributed by atoms with van der Waals surface area (Å²) in [5.41, 5.74) is 0.858. The molecule has 0 aliphatic carbocycles. The summed E-state index contributed by atoms with van der Waals surface area (Å²) in [5, 5.41) is 1.07. The lowest BCUT2D eigenvalue weighted by Gasteiger charge is -2.12. The second-order valence-electron chi connectivity index (χ2n) is 4.53. The Balaban J connectivity index is 1.69. The number of ketones is 1. The number of Topliss-reactive ketones (excluding diaryl/α,β-unsaturated/α-hetero) is 1. The molecule has 0 radical (unpaired) electrons. The summed E-state index contributed by atoms with van der Waals surface area (Å²) in [6.45, 7) is 0.795. The third-order valence-corrected chi connectivity index (χ3v) is 3.17. The fourth-order valence-corrected chi connectivity index (χ4v) is 2.25. The lowest BCUT2D eigenvalue weighted by Crippen LogP contribution is -2.27. The first-order chi connectivity index (χ1) is 8.72. The lowest BCUT2D eigenvalue weighted by molar-refractivity contribution is -0.127. The van der Waals surface area contributed by atoms with Gasteiger partial charge in [-0.25, -0.2) is 0 Å². The molecule has 92 valence electrons. The number of carbonyl (C=O) groups excluding carboxylic acids is 2. The molecular weight excluding hydrogens is 230 g/mol. The summed E-state index contributed by atoms with van der Waals surface area (Å²) in [5.74, 6) is 0.782. The van der Waals surface area contributed by atoms with E-state index < -0.39 is 0 Å². The maximum absolute atomic E-state index is 11.5. The minimum atomic E-state index is -0.0730. The maximum Gasteiger partial charge on any atom is 0.230 e. The van der Waals surface area contributed by atoms with E-state index in [1.807, 2.05) is 30.3 Å². The second-order valence-corrected chi connectivity index (χ2v) is 4.53. The van der Waals surface area contributed by atoms with E-state index in [4.69, 9.17) is 4.42 Å². The Hall–Kier alpha value is -2.10. The van der Waals surface area contributed by atoms with Gasteiger partial charge in [-0.05, 0) is 12.1 Å². The van der Waals surface area contributed by atoms with Crippen LogP contribution in [0, 0.1) is 0 Å². The molecule has 0 spiro atoms. The number of fused-ring (bicyclic) bond motifs is 1. The van der Waals surface area contributed by atoms with Crippen LogP contribution in [0.25, 0.3) is 11.0 Å². The van der Waals surface area contributed by atoms with E-state index in [-0.39, 0.29) is 24.7 Å². The van der Waals surface area contributed by atoms with Crippen LogP contribution in [0.3, 0.4) is 0 Å². The number of nitrogens with zero attached hydrogens (tertiary/aromatic N) is 1. The standard InChI is InChI=1S/C14H13NO3/c16-11-8-14(17)15(9-11)6-5-12-7-10-3-1-2-4-13(10)18-12/h1-4,7H,5-6,8-9H2. The molecule has 1 fully saturated rings. The zero-order valence-corrected chi connectivity index (χ0v) is 9.89. The molecule has 1 aromatic heterocycles. The number of furan rings is 1. The van der Waals surface area contributed by atoms with Crippen LogP contribution >= 0.6 is 0 Å². The molecule has 3 rings (SSSR count). The van der Waals surface area contributed by atoms with Crippen molar-refractivity contribution in [1.82, 2.24) is 4.90 Å². The predicted molar refractivity (Wildman–Crippen MR) is 66.1 cm³/mol. The first-order valence-corrected chi connectivity index (χ1v) is 5.99. The van der Waals surface area contributed by atoms with E-state index in [9.17, 15) is 9.59 Å². The van der Waals surface area contributed by atoms with Crippen molar-refractivity contribution in [1.29, 1.82) is 0 Å². The molecule has 1 amide bonds. The monoisotopic (exact) mass is 243 g/mol. The van der Waals surface area contributed by atoms with Gasteiger partial charge in [0.1, 0.15) is 11.3 Å². The Labute approximate surface area is 104 Å². The molecule has 0 unspecified atom stereocenters. The van der Waals surface area contributed by atoms with Crippen LogP contribution < -0.4 is 0 Å². The third kappa shape index (κ3) is 2.01. The van der Waals surface area contributed by atoms with Gasteiger partial charge in [0.2, 0.25) is 5.91 Å². The van der Waals surface area contributed by atoms with Crippen LogP contribution in [0.1, 0.15) is 12.2 Å². The number of carbonyl (C=O) groups is 2. The highest BCUT2D eigenvalue weighted by atomic mass is 16.3. The highest BCUT2D eigenvalue weighted by molar-refractivity contribution is 6.05. The number of hydrogen-bond donors (Lipinski definition) is 0. The quantitative estimate of drug-likeness (QED) is 0.772. The van der Waals surface area contributed by atoms with Gasteiger partial charge in [-0.2, -0.15) is 0 Å². The normalized spacial score (nSPS) is 15.9. The Kier molecular flexibility index (Phi) is 2.63. The zero-order valence-electron chi connectivity index (χ0n) is 9.89. The molecule has 0 bridgehead atoms. The van der Waals surface area contributed by atoms with E-state index in [0.717, 1.165) is 16.7 Å². The van der Waals surface area contributed by atoms with Crippen LogP contribution in [-0.2, 0) is 16.0 Å². The topological polar surface area (TPSA) is 50.5 Å². The predicted octanol–water partition coefficient (Wildman–Crippen LogP) is 1.78. The van der Waals surface area contributed by atoms with E-state index in [1.165, 1.54) is 0 Å². The Morgan fingerprint density at radius 3 is 2.78 bits per heavy atom. The molecule has 2 aromatic rings. The molecule has 18 heavy (non-hydrogen) atoms. The van der Waals surface area contributed by atoms with Gasteiger partial charge in [0.25, 0.3) is 0 Å². The van der Waals surface area contributed by atoms with Crippen LogP contribution in [-0.4, -0.2) is 29.7 Å². The summed E-state index contributed by atoms with van der Waals surface area (Å²) in [4.78, 5) is 24.2. The molecule has 1 saturated heterocycles. The fraction of sp³-hybridized carbons (Fsp3) is 0.286. The average Bonchev–Trinajstić information content (AvgIpc) is 2.89. The van der Waals surface area contributed by atoms with Crippen molar-refractivity contribution < 1.29 is 14.0 Å². The van der Waals surface area contributed by atoms with E-state index in [0.29, 0.717) is 13.0 Å². The molecule has 1 aliphatic rings. The van der Waals surface area contributed by atoms with Gasteiger partial charge in [0, 0.05) is 18.4 Å². The number of rotatable bonds is 3. The van der Waals surface area contributed by atoms with Gasteiger partial charge in [0.15, 0.2) is 5.78 Å². The molecule has 1 aliphatic heterocycles. The van der Waals surface area contributed by atoms with E-state index in [1.54, 1.807) is 4.90 Å². The van der Waals surface area contributed by atoms with Crippen molar-refractivity contribution in [3.8, 4) is 0 Å². The molecule has 0 atom stereocenters. The summed E-state index contributed by atoms with van der Waals surface area (Å²) in [7, 11) is 0. The van der Waals surface area contributed by atoms with Gasteiger partial charge >= 0.3 is 0 Å². The number of amides is 1. The Morgan fingerprint density at radius 2 is 2.06 bits per heavy atom. The molecule has 4 nitrogen and oxygen atoms in total. The van der Waals surface area contributed by atoms with Crippen molar-refractivity contribution in [2.45, 2.75) is 12.8 Å². The largest absolute Gasteiger partial charge is 0.461 e. The van der Waals surface area contributed by atoms with Gasteiger partial charge < -0.3 is 9.32 Å². The molecule has 4 heteroatoms. The van der Waals surface area contributed by atoms with E-state index in [2.05, 4.69) is 0 Å². The zero-order chi connectivity index (χ0) is 12.5. The van der Waals surface area contributed by atoms with Crippen molar-refractivity contribution in [2.75, 3.05) is 13.1 Å². The Morgan fingerprint density at radius 1 is 1.22 bits per heavy atom. The number of likely N-dealkylation sites (tertiary alicyclic amines) is 1. The number of hydrogen-bond acceptors (Lipinski definition) is 3. The van der Waals surface area contributed by atoms with Crippen molar-refractivity contribution >= 4 is 22.7 Å². The van der Waals surface area contributed by atoms with Gasteiger partial charge in [-0.1, -0.05) is 18.2 Å². The molecule has 2 heterocycles. The van der Waals surface area contributed by atoms with Gasteiger partial charge in [0.05, 0.1) is 13.0 Å². The first kappa shape index (κ1) is 11.0. The summed E-state index contributed by atoms with van der Waals surface area (Å²) < 4.78 is 5.67. The minimum Gasteiger partial charge on any atom is -0.461 e. The second kappa shape index (κ2) is 4.29. The Bertz CT molecular complexity index is 581. The van der Waals surface area contributed by atoms with Crippen LogP contribution in [0.5, 0.6) is 0 Å². The summed E-state index contributed by atoms with van der Waals surface area (Å²) in [6, 6.07) is 9.79. The fourth-order valence-electron chi connectivity index (χ4n) is 2.25. The smallest absolute Gasteiger partial charge is 0.230 e. The summed E-state index contributed by atoms with van der Waals surface area (Å²) >= 11 is 0. The number of benzene rings is 1. The molecular formula is C14H13NO3. The average molecular weight is 243 g/mol. The summed E-state index contributed by atoms with van der Waals surface area (Å²) in [6.07, 6.45) is 0.702. The van der Waals surface area contributed by atoms with Gasteiger partial charge in [-0.3, -0.25) is 9.59 Å². The minimum absolute atomic E-state index is 0.00426. The van der Waals surface area contributed by atoms with Crippen molar-refractivity contribution in [2.24, 2.45) is 0 Å². The molecule has 0 N–H and O–H groups in total. The number of para-hydroxylation sites is 1. The highest BCUT2D eigenvalue weighted by Crippen LogP contribution is 2.19. The van der Waals surface area contributed by atoms with E-state index >= 15 is 0 Å².